The SMILES string of the molecule is COc1ccc(N)c(C(=O)Nc2c(C)ccnc2Cl)c1. The maximum absolute atomic E-state index is 12.3. The largest absolute Gasteiger partial charge is 0.497 e. The highest BCUT2D eigenvalue weighted by Crippen LogP contribution is 2.25. The van der Waals surface area contributed by atoms with Crippen LogP contribution in [0.15, 0.2) is 30.5 Å². The van der Waals surface area contributed by atoms with Crippen LogP contribution in [0, 0.1) is 6.92 Å². The first-order valence-corrected chi connectivity index (χ1v) is 6.26. The number of aryl methyl sites for hydroxylation is 1. The van der Waals surface area contributed by atoms with Gasteiger partial charge in [-0.1, -0.05) is 11.6 Å². The van der Waals surface area contributed by atoms with Crippen molar-refractivity contribution in [3.8, 4) is 5.75 Å². The van der Waals surface area contributed by atoms with E-state index in [4.69, 9.17) is 22.1 Å². The second-order valence-corrected chi connectivity index (χ2v) is 4.56. The minimum atomic E-state index is -0.362. The van der Waals surface area contributed by atoms with Crippen LogP contribution in [0.1, 0.15) is 15.9 Å². The van der Waals surface area contributed by atoms with Gasteiger partial charge in [0.05, 0.1) is 18.4 Å². The third-order valence-electron chi connectivity index (χ3n) is 2.86. The molecule has 0 spiro atoms. The number of halogens is 1. The molecule has 5 nitrogen and oxygen atoms in total. The summed E-state index contributed by atoms with van der Waals surface area (Å²) in [6, 6.07) is 6.64. The van der Waals surface area contributed by atoms with Gasteiger partial charge in [-0.3, -0.25) is 4.79 Å². The van der Waals surface area contributed by atoms with Gasteiger partial charge in [0.1, 0.15) is 5.75 Å². The zero-order chi connectivity index (χ0) is 14.7. The number of nitrogens with zero attached hydrogens (tertiary/aromatic N) is 1. The first-order chi connectivity index (χ1) is 9.52. The van der Waals surface area contributed by atoms with E-state index < -0.39 is 0 Å². The fourth-order valence-electron chi connectivity index (χ4n) is 1.72. The Morgan fingerprint density at radius 1 is 1.40 bits per heavy atom. The number of nitrogens with two attached hydrogens (primary N) is 1. The molecular weight excluding hydrogens is 278 g/mol. The molecule has 20 heavy (non-hydrogen) atoms. The van der Waals surface area contributed by atoms with E-state index in [1.807, 2.05) is 6.92 Å². The Bertz CT molecular complexity index is 639. The smallest absolute Gasteiger partial charge is 0.257 e. The van der Waals surface area contributed by atoms with Crippen LogP contribution >= 0.6 is 11.6 Å². The molecule has 1 aromatic heterocycles. The van der Waals surface area contributed by atoms with Crippen LogP contribution in [0.25, 0.3) is 0 Å². The average Bonchev–Trinajstić information content (AvgIpc) is 2.43. The van der Waals surface area contributed by atoms with Gasteiger partial charge in [-0.2, -0.15) is 0 Å². The van der Waals surface area contributed by atoms with Gasteiger partial charge in [-0.05, 0) is 36.8 Å². The van der Waals surface area contributed by atoms with Crippen LogP contribution in [0.3, 0.4) is 0 Å². The van der Waals surface area contributed by atoms with Crippen molar-refractivity contribution in [3.05, 3.63) is 46.7 Å². The van der Waals surface area contributed by atoms with Crippen LogP contribution in [-0.4, -0.2) is 18.0 Å². The number of carbonyl (C=O) groups excluding carboxylic acids is 1. The van der Waals surface area contributed by atoms with E-state index in [0.29, 0.717) is 22.7 Å². The quantitative estimate of drug-likeness (QED) is 0.673. The van der Waals surface area contributed by atoms with Crippen LogP contribution in [0.5, 0.6) is 5.75 Å². The standard InChI is InChI=1S/C14H14ClN3O2/c1-8-5-6-17-13(15)12(8)18-14(19)10-7-9(20-2)3-4-11(10)16/h3-7H,16H2,1-2H3,(H,18,19). The molecule has 0 saturated heterocycles. The summed E-state index contributed by atoms with van der Waals surface area (Å²) in [5, 5.41) is 2.95. The number of amides is 1. The number of nitrogens with one attached hydrogen (secondary N) is 1. The van der Waals surface area contributed by atoms with Gasteiger partial charge in [-0.15, -0.1) is 0 Å². The Morgan fingerprint density at radius 3 is 2.80 bits per heavy atom. The van der Waals surface area contributed by atoms with Crippen molar-refractivity contribution in [2.24, 2.45) is 0 Å². The van der Waals surface area contributed by atoms with Gasteiger partial charge in [0.25, 0.3) is 5.91 Å². The van der Waals surface area contributed by atoms with E-state index in [0.717, 1.165) is 5.56 Å². The minimum Gasteiger partial charge on any atom is -0.497 e. The maximum atomic E-state index is 12.3. The van der Waals surface area contributed by atoms with Crippen molar-refractivity contribution in [2.45, 2.75) is 6.92 Å². The highest BCUT2D eigenvalue weighted by molar-refractivity contribution is 6.33. The predicted octanol–water partition coefficient (Wildman–Crippen LogP) is 2.89. The molecule has 0 saturated carbocycles. The normalized spacial score (nSPS) is 10.2. The lowest BCUT2D eigenvalue weighted by atomic mass is 10.1. The number of methoxy groups -OCH3 is 1. The zero-order valence-electron chi connectivity index (χ0n) is 11.1. The zero-order valence-corrected chi connectivity index (χ0v) is 11.9. The van der Waals surface area contributed by atoms with Crippen molar-refractivity contribution in [1.29, 1.82) is 0 Å². The summed E-state index contributed by atoms with van der Waals surface area (Å²) in [6.45, 7) is 1.83. The van der Waals surface area contributed by atoms with Gasteiger partial charge in [-0.25, -0.2) is 4.98 Å². The van der Waals surface area contributed by atoms with Crippen LogP contribution in [-0.2, 0) is 0 Å². The number of nitrogen functional groups attached to an aromatic ring is 1. The van der Waals surface area contributed by atoms with E-state index in [1.54, 1.807) is 30.5 Å². The number of pyridine rings is 1. The first-order valence-electron chi connectivity index (χ1n) is 5.89. The fraction of sp³-hybridized carbons (Fsp3) is 0.143. The van der Waals surface area contributed by atoms with Crippen molar-refractivity contribution in [3.63, 3.8) is 0 Å². The Kier molecular flexibility index (Phi) is 4.10. The molecule has 1 aromatic carbocycles. The van der Waals surface area contributed by atoms with Gasteiger partial charge in [0.15, 0.2) is 5.15 Å². The van der Waals surface area contributed by atoms with Crippen LogP contribution in [0.2, 0.25) is 5.15 Å². The molecule has 0 aliphatic heterocycles. The van der Waals surface area contributed by atoms with E-state index in [9.17, 15) is 4.79 Å². The van der Waals surface area contributed by atoms with E-state index >= 15 is 0 Å². The summed E-state index contributed by atoms with van der Waals surface area (Å²) in [6.07, 6.45) is 1.58. The number of aromatic nitrogens is 1. The molecule has 1 heterocycles. The molecule has 0 aliphatic carbocycles. The van der Waals surface area contributed by atoms with Crippen molar-refractivity contribution in [1.82, 2.24) is 4.98 Å². The van der Waals surface area contributed by atoms with Gasteiger partial charge < -0.3 is 15.8 Å². The molecule has 0 unspecified atom stereocenters. The van der Waals surface area contributed by atoms with E-state index in [-0.39, 0.29) is 11.1 Å². The minimum absolute atomic E-state index is 0.236. The van der Waals surface area contributed by atoms with E-state index in [2.05, 4.69) is 10.3 Å². The first kappa shape index (κ1) is 14.1. The lowest BCUT2D eigenvalue weighted by molar-refractivity contribution is 0.102. The molecule has 0 radical (unpaired) electrons. The Labute approximate surface area is 121 Å². The van der Waals surface area contributed by atoms with Gasteiger partial charge in [0.2, 0.25) is 0 Å². The third kappa shape index (κ3) is 2.83. The third-order valence-corrected chi connectivity index (χ3v) is 3.14. The van der Waals surface area contributed by atoms with Crippen LogP contribution < -0.4 is 15.8 Å². The fourth-order valence-corrected chi connectivity index (χ4v) is 1.97. The summed E-state index contributed by atoms with van der Waals surface area (Å²) in [4.78, 5) is 16.2. The molecule has 6 heteroatoms. The second-order valence-electron chi connectivity index (χ2n) is 4.20. The molecule has 0 fully saturated rings. The molecule has 0 aliphatic rings. The highest BCUT2D eigenvalue weighted by atomic mass is 35.5. The van der Waals surface area contributed by atoms with Crippen molar-refractivity contribution < 1.29 is 9.53 Å². The molecule has 2 rings (SSSR count). The molecule has 104 valence electrons. The summed E-state index contributed by atoms with van der Waals surface area (Å²) >= 11 is 5.98. The lowest BCUT2D eigenvalue weighted by Gasteiger charge is -2.11. The Hall–Kier alpha value is -2.27. The summed E-state index contributed by atoms with van der Waals surface area (Å²) in [7, 11) is 1.52. The molecule has 0 atom stereocenters. The van der Waals surface area contributed by atoms with Gasteiger partial charge in [0, 0.05) is 11.9 Å². The molecule has 3 N–H and O–H groups in total. The molecule has 1 amide bonds. The number of carbonyl (C=O) groups is 1. The number of anilines is 2. The number of benzene rings is 1. The molecule has 2 aromatic rings. The molecule has 0 bridgehead atoms. The summed E-state index contributed by atoms with van der Waals surface area (Å²) in [5.41, 5.74) is 7.79. The van der Waals surface area contributed by atoms with Crippen molar-refractivity contribution >= 4 is 28.9 Å². The number of hydrogen-bond donors (Lipinski definition) is 2. The Balaban J connectivity index is 2.33. The number of ether oxygens (including phenoxy) is 1. The summed E-state index contributed by atoms with van der Waals surface area (Å²) in [5.74, 6) is 0.192. The second kappa shape index (κ2) is 5.79. The molecular formula is C14H14ClN3O2. The van der Waals surface area contributed by atoms with E-state index in [1.165, 1.54) is 7.11 Å². The topological polar surface area (TPSA) is 77.2 Å². The van der Waals surface area contributed by atoms with Crippen molar-refractivity contribution in [2.75, 3.05) is 18.2 Å². The monoisotopic (exact) mass is 291 g/mol. The van der Waals surface area contributed by atoms with Gasteiger partial charge >= 0.3 is 0 Å². The number of hydrogen-bond acceptors (Lipinski definition) is 4. The highest BCUT2D eigenvalue weighted by Gasteiger charge is 2.14. The predicted molar refractivity (Wildman–Crippen MR) is 79.3 cm³/mol. The Morgan fingerprint density at radius 2 is 2.15 bits per heavy atom. The summed E-state index contributed by atoms with van der Waals surface area (Å²) < 4.78 is 5.08. The maximum Gasteiger partial charge on any atom is 0.257 e. The average molecular weight is 292 g/mol. The number of rotatable bonds is 3. The van der Waals surface area contributed by atoms with Crippen LogP contribution in [0.4, 0.5) is 11.4 Å². The lowest BCUT2D eigenvalue weighted by Crippen LogP contribution is -2.15.